The number of aromatic nitrogens is 1. The quantitative estimate of drug-likeness (QED) is 0.614. The minimum Gasteiger partial charge on any atom is -0.465 e. The molecule has 1 aliphatic rings. The summed E-state index contributed by atoms with van der Waals surface area (Å²) in [7, 11) is 1.36. The van der Waals surface area contributed by atoms with Gasteiger partial charge >= 0.3 is 5.97 Å². The van der Waals surface area contributed by atoms with Gasteiger partial charge in [-0.15, -0.1) is 11.3 Å². The van der Waals surface area contributed by atoms with Crippen molar-refractivity contribution >= 4 is 33.4 Å². The summed E-state index contributed by atoms with van der Waals surface area (Å²) >= 11 is 1.77. The van der Waals surface area contributed by atoms with E-state index in [4.69, 9.17) is 9.72 Å². The van der Waals surface area contributed by atoms with Gasteiger partial charge in [0.15, 0.2) is 0 Å². The number of carbonyl (C=O) groups is 2. The van der Waals surface area contributed by atoms with Gasteiger partial charge in [0.25, 0.3) is 0 Å². The Hall–Kier alpha value is -2.77. The first-order valence-corrected chi connectivity index (χ1v) is 11.0. The molecule has 4 rings (SSSR count). The largest absolute Gasteiger partial charge is 0.465 e. The molecule has 7 heteroatoms. The lowest BCUT2D eigenvalue weighted by Gasteiger charge is -2.31. The van der Waals surface area contributed by atoms with E-state index in [0.29, 0.717) is 24.6 Å². The average Bonchev–Trinajstić information content (AvgIpc) is 3.22. The SMILES string of the molecule is COC(=O)c1ccc(CNC(=O)CN2CCC[C@H](c3nc4ccccc4s3)C2)cc1. The molecule has 1 amide bonds. The summed E-state index contributed by atoms with van der Waals surface area (Å²) in [6, 6.07) is 15.3. The van der Waals surface area contributed by atoms with Crippen LogP contribution in [0.15, 0.2) is 48.5 Å². The molecule has 2 heterocycles. The molecule has 0 unspecified atom stereocenters. The zero-order valence-corrected chi connectivity index (χ0v) is 17.8. The highest BCUT2D eigenvalue weighted by Crippen LogP contribution is 2.32. The van der Waals surface area contributed by atoms with Gasteiger partial charge in [0.2, 0.25) is 5.91 Å². The van der Waals surface area contributed by atoms with E-state index in [9.17, 15) is 9.59 Å². The molecule has 30 heavy (non-hydrogen) atoms. The lowest BCUT2D eigenvalue weighted by Crippen LogP contribution is -2.41. The number of likely N-dealkylation sites (tertiary alicyclic amines) is 1. The van der Waals surface area contributed by atoms with E-state index in [-0.39, 0.29) is 11.9 Å². The molecule has 1 atom stereocenters. The minimum atomic E-state index is -0.363. The Bertz CT molecular complexity index is 999. The molecule has 0 bridgehead atoms. The highest BCUT2D eigenvalue weighted by Gasteiger charge is 2.25. The molecule has 156 valence electrons. The Balaban J connectivity index is 1.29. The van der Waals surface area contributed by atoms with Gasteiger partial charge < -0.3 is 10.1 Å². The summed E-state index contributed by atoms with van der Waals surface area (Å²) in [6.45, 7) is 2.63. The number of carbonyl (C=O) groups excluding carboxylic acids is 2. The van der Waals surface area contributed by atoms with Crippen LogP contribution in [0.5, 0.6) is 0 Å². The van der Waals surface area contributed by atoms with Crippen LogP contribution >= 0.6 is 11.3 Å². The molecular formula is C23H25N3O3S. The van der Waals surface area contributed by atoms with Crippen molar-refractivity contribution in [3.8, 4) is 0 Å². The van der Waals surface area contributed by atoms with E-state index in [1.165, 1.54) is 16.8 Å². The number of benzene rings is 2. The van der Waals surface area contributed by atoms with E-state index in [1.807, 2.05) is 24.3 Å². The average molecular weight is 424 g/mol. The predicted octanol–water partition coefficient (Wildman–Crippen LogP) is 3.58. The van der Waals surface area contributed by atoms with Gasteiger partial charge in [-0.05, 0) is 49.2 Å². The molecule has 1 N–H and O–H groups in total. The number of piperidine rings is 1. The topological polar surface area (TPSA) is 71.5 Å². The number of amides is 1. The zero-order valence-electron chi connectivity index (χ0n) is 17.0. The molecule has 0 saturated carbocycles. The van der Waals surface area contributed by atoms with Crippen LogP contribution in [-0.4, -0.2) is 48.5 Å². The van der Waals surface area contributed by atoms with E-state index >= 15 is 0 Å². The van der Waals surface area contributed by atoms with Gasteiger partial charge in [-0.2, -0.15) is 0 Å². The van der Waals surface area contributed by atoms with Crippen molar-refractivity contribution in [1.82, 2.24) is 15.2 Å². The molecule has 1 fully saturated rings. The summed E-state index contributed by atoms with van der Waals surface area (Å²) in [5.41, 5.74) is 2.51. The second-order valence-electron chi connectivity index (χ2n) is 7.56. The van der Waals surface area contributed by atoms with Crippen LogP contribution in [0.1, 0.15) is 39.7 Å². The first-order chi connectivity index (χ1) is 14.6. The summed E-state index contributed by atoms with van der Waals surface area (Å²) in [5, 5.41) is 4.15. The van der Waals surface area contributed by atoms with Crippen molar-refractivity contribution in [1.29, 1.82) is 0 Å². The number of para-hydroxylation sites is 1. The molecule has 2 aromatic carbocycles. The molecule has 3 aromatic rings. The lowest BCUT2D eigenvalue weighted by atomic mass is 9.99. The summed E-state index contributed by atoms with van der Waals surface area (Å²) < 4.78 is 5.92. The predicted molar refractivity (Wildman–Crippen MR) is 118 cm³/mol. The van der Waals surface area contributed by atoms with Gasteiger partial charge in [-0.25, -0.2) is 9.78 Å². The van der Waals surface area contributed by atoms with Crippen molar-refractivity contribution in [3.63, 3.8) is 0 Å². The highest BCUT2D eigenvalue weighted by molar-refractivity contribution is 7.18. The van der Waals surface area contributed by atoms with Crippen LogP contribution < -0.4 is 5.32 Å². The van der Waals surface area contributed by atoms with Gasteiger partial charge in [0.1, 0.15) is 0 Å². The van der Waals surface area contributed by atoms with Crippen LogP contribution in [0.25, 0.3) is 10.2 Å². The molecule has 0 aliphatic carbocycles. The Morgan fingerprint density at radius 3 is 2.77 bits per heavy atom. The smallest absolute Gasteiger partial charge is 0.337 e. The Kier molecular flexibility index (Phi) is 6.40. The van der Waals surface area contributed by atoms with Gasteiger partial charge in [-0.3, -0.25) is 9.69 Å². The van der Waals surface area contributed by atoms with E-state index < -0.39 is 0 Å². The fourth-order valence-corrected chi connectivity index (χ4v) is 4.89. The maximum Gasteiger partial charge on any atom is 0.337 e. The van der Waals surface area contributed by atoms with Crippen LogP contribution in [-0.2, 0) is 16.1 Å². The van der Waals surface area contributed by atoms with Crippen LogP contribution in [0.2, 0.25) is 0 Å². The van der Waals surface area contributed by atoms with Crippen molar-refractivity contribution in [2.45, 2.75) is 25.3 Å². The van der Waals surface area contributed by atoms with Crippen molar-refractivity contribution in [2.24, 2.45) is 0 Å². The molecule has 1 saturated heterocycles. The minimum absolute atomic E-state index is 0.0111. The summed E-state index contributed by atoms with van der Waals surface area (Å²) in [6.07, 6.45) is 2.19. The fraction of sp³-hybridized carbons (Fsp3) is 0.348. The molecule has 1 aromatic heterocycles. The second kappa shape index (κ2) is 9.36. The number of methoxy groups -OCH3 is 1. The standard InChI is InChI=1S/C23H25N3O3S/c1-29-23(28)17-10-8-16(9-11-17)13-24-21(27)15-26-12-4-5-18(14-26)22-25-19-6-2-3-7-20(19)30-22/h2-3,6-11,18H,4-5,12-15H2,1H3,(H,24,27)/t18-/m0/s1. The van der Waals surface area contributed by atoms with Crippen molar-refractivity contribution in [2.75, 3.05) is 26.7 Å². The lowest BCUT2D eigenvalue weighted by molar-refractivity contribution is -0.122. The third-order valence-corrected chi connectivity index (χ3v) is 6.60. The third-order valence-electron chi connectivity index (χ3n) is 5.40. The van der Waals surface area contributed by atoms with Crippen LogP contribution in [0.3, 0.4) is 0 Å². The molecular weight excluding hydrogens is 398 g/mol. The number of hydrogen-bond acceptors (Lipinski definition) is 6. The van der Waals surface area contributed by atoms with Gasteiger partial charge in [0.05, 0.1) is 34.4 Å². The van der Waals surface area contributed by atoms with Crippen molar-refractivity contribution in [3.05, 3.63) is 64.7 Å². The molecule has 0 spiro atoms. The Morgan fingerprint density at radius 1 is 1.20 bits per heavy atom. The first-order valence-electron chi connectivity index (χ1n) is 10.1. The number of rotatable bonds is 6. The molecule has 1 aliphatic heterocycles. The number of ether oxygens (including phenoxy) is 1. The zero-order chi connectivity index (χ0) is 20.9. The maximum absolute atomic E-state index is 12.5. The second-order valence-corrected chi connectivity index (χ2v) is 8.62. The number of hydrogen-bond donors (Lipinski definition) is 1. The normalized spacial score (nSPS) is 17.0. The Labute approximate surface area is 179 Å². The Morgan fingerprint density at radius 2 is 2.00 bits per heavy atom. The third kappa shape index (κ3) is 4.86. The molecule has 6 nitrogen and oxygen atoms in total. The number of nitrogens with zero attached hydrogens (tertiary/aromatic N) is 2. The summed E-state index contributed by atoms with van der Waals surface area (Å²) in [5.74, 6) is 0.0326. The van der Waals surface area contributed by atoms with E-state index in [0.717, 1.165) is 37.0 Å². The van der Waals surface area contributed by atoms with E-state index in [2.05, 4.69) is 22.3 Å². The maximum atomic E-state index is 12.5. The van der Waals surface area contributed by atoms with Gasteiger partial charge in [0, 0.05) is 19.0 Å². The number of esters is 1. The van der Waals surface area contributed by atoms with Gasteiger partial charge in [-0.1, -0.05) is 24.3 Å². The number of nitrogens with one attached hydrogen (secondary N) is 1. The van der Waals surface area contributed by atoms with Crippen LogP contribution in [0, 0.1) is 0 Å². The van der Waals surface area contributed by atoms with Crippen LogP contribution in [0.4, 0.5) is 0 Å². The number of thiazole rings is 1. The van der Waals surface area contributed by atoms with Crippen molar-refractivity contribution < 1.29 is 14.3 Å². The number of fused-ring (bicyclic) bond motifs is 1. The summed E-state index contributed by atoms with van der Waals surface area (Å²) in [4.78, 5) is 31.0. The highest BCUT2D eigenvalue weighted by atomic mass is 32.1. The first kappa shape index (κ1) is 20.5. The fourth-order valence-electron chi connectivity index (χ4n) is 3.80. The molecule has 0 radical (unpaired) electrons. The monoisotopic (exact) mass is 423 g/mol. The van der Waals surface area contributed by atoms with E-state index in [1.54, 1.807) is 23.5 Å².